The summed E-state index contributed by atoms with van der Waals surface area (Å²) in [6, 6.07) is 0. The molecule has 0 fully saturated rings. The summed E-state index contributed by atoms with van der Waals surface area (Å²) in [5.41, 5.74) is 6.71. The Labute approximate surface area is 72.6 Å². The summed E-state index contributed by atoms with van der Waals surface area (Å²) in [6.07, 6.45) is 0. The number of nitrogen functional groups attached to an aromatic ring is 1. The normalized spacial score (nSPS) is 9.18. The van der Waals surface area contributed by atoms with E-state index in [9.17, 15) is 0 Å². The number of hydrogen-bond acceptors (Lipinski definition) is 3. The molecule has 0 aliphatic carbocycles. The van der Waals surface area contributed by atoms with E-state index in [1.54, 1.807) is 0 Å². The maximum absolute atomic E-state index is 5.54. The Hall–Kier alpha value is -0.570. The number of hydrogen-bond donors (Lipinski definition) is 1. The van der Waals surface area contributed by atoms with Gasteiger partial charge in [0.1, 0.15) is 5.82 Å². The van der Waals surface area contributed by atoms with Gasteiger partial charge in [0, 0.05) is 10.9 Å². The molecule has 0 saturated heterocycles. The van der Waals surface area contributed by atoms with Gasteiger partial charge in [-0.05, 0) is 17.5 Å². The van der Waals surface area contributed by atoms with E-state index in [0.29, 0.717) is 11.7 Å². The fraction of sp³-hybridized carbons (Fsp3) is 0.625. The third kappa shape index (κ3) is 2.89. The Balaban J connectivity index is 0.000000461. The van der Waals surface area contributed by atoms with E-state index in [-0.39, 0.29) is 0 Å². The van der Waals surface area contributed by atoms with E-state index >= 15 is 0 Å². The van der Waals surface area contributed by atoms with Crippen LogP contribution in [0.5, 0.6) is 0 Å². The molecule has 2 nitrogen and oxygen atoms in total. The molecule has 0 spiro atoms. The van der Waals surface area contributed by atoms with E-state index in [4.69, 9.17) is 5.73 Å². The second kappa shape index (κ2) is 5.13. The molecule has 1 heterocycles. The Morgan fingerprint density at radius 2 is 2.00 bits per heavy atom. The van der Waals surface area contributed by atoms with Crippen LogP contribution in [0.4, 0.5) is 5.82 Å². The van der Waals surface area contributed by atoms with Crippen molar-refractivity contribution in [3.05, 3.63) is 10.9 Å². The lowest BCUT2D eigenvalue weighted by molar-refractivity contribution is 0.872. The molecule has 0 aliphatic heterocycles. The molecule has 0 aliphatic rings. The van der Waals surface area contributed by atoms with Crippen molar-refractivity contribution in [1.29, 1.82) is 0 Å². The van der Waals surface area contributed by atoms with Crippen molar-refractivity contribution in [2.24, 2.45) is 0 Å². The zero-order valence-electron chi connectivity index (χ0n) is 7.59. The topological polar surface area (TPSA) is 38.9 Å². The largest absolute Gasteiger partial charge is 0.383 e. The third-order valence-corrected chi connectivity index (χ3v) is 1.91. The molecule has 64 valence electrons. The fourth-order valence-electron chi connectivity index (χ4n) is 0.685. The highest BCUT2D eigenvalue weighted by molar-refractivity contribution is 7.04. The molecule has 11 heavy (non-hydrogen) atoms. The Bertz CT molecular complexity index is 194. The van der Waals surface area contributed by atoms with Crippen LogP contribution in [-0.2, 0) is 0 Å². The summed E-state index contributed by atoms with van der Waals surface area (Å²) in [5.74, 6) is 1.19. The van der Waals surface area contributed by atoms with Crippen LogP contribution < -0.4 is 5.73 Å². The second-order valence-corrected chi connectivity index (χ2v) is 2.94. The van der Waals surface area contributed by atoms with Crippen molar-refractivity contribution in [1.82, 2.24) is 4.37 Å². The SMILES string of the molecule is CC.CC(C)c1csnc1N. The number of nitrogens with zero attached hydrogens (tertiary/aromatic N) is 1. The summed E-state index contributed by atoms with van der Waals surface area (Å²) in [6.45, 7) is 8.22. The summed E-state index contributed by atoms with van der Waals surface area (Å²) in [4.78, 5) is 0. The number of rotatable bonds is 1. The lowest BCUT2D eigenvalue weighted by Crippen LogP contribution is -1.92. The first-order chi connectivity index (χ1) is 5.22. The average Bonchev–Trinajstić information content (AvgIpc) is 2.39. The van der Waals surface area contributed by atoms with Gasteiger partial charge in [-0.25, -0.2) is 0 Å². The first-order valence-corrected chi connectivity index (χ1v) is 4.75. The highest BCUT2D eigenvalue weighted by Gasteiger charge is 2.04. The highest BCUT2D eigenvalue weighted by atomic mass is 32.1. The molecular formula is C8H16N2S. The van der Waals surface area contributed by atoms with E-state index < -0.39 is 0 Å². The number of nitrogens with two attached hydrogens (primary N) is 1. The van der Waals surface area contributed by atoms with Gasteiger partial charge in [-0.3, -0.25) is 0 Å². The summed E-state index contributed by atoms with van der Waals surface area (Å²) >= 11 is 1.42. The highest BCUT2D eigenvalue weighted by Crippen LogP contribution is 2.21. The fourth-order valence-corrected chi connectivity index (χ4v) is 1.46. The van der Waals surface area contributed by atoms with Gasteiger partial charge >= 0.3 is 0 Å². The molecule has 0 saturated carbocycles. The van der Waals surface area contributed by atoms with Crippen LogP contribution in [0.25, 0.3) is 0 Å². The van der Waals surface area contributed by atoms with Crippen molar-refractivity contribution >= 4 is 17.4 Å². The maximum atomic E-state index is 5.54. The van der Waals surface area contributed by atoms with Crippen LogP contribution in [0.3, 0.4) is 0 Å². The van der Waals surface area contributed by atoms with Gasteiger partial charge in [0.15, 0.2) is 0 Å². The van der Waals surface area contributed by atoms with Crippen molar-refractivity contribution < 1.29 is 0 Å². The van der Waals surface area contributed by atoms with Crippen LogP contribution in [0, 0.1) is 0 Å². The zero-order chi connectivity index (χ0) is 8.85. The standard InChI is InChI=1S/C6H10N2S.C2H6/c1-4(2)5-3-9-8-6(5)7;1-2/h3-4H,1-2H3,(H2,7,8);1-2H3. The molecule has 1 rings (SSSR count). The quantitative estimate of drug-likeness (QED) is 0.707. The van der Waals surface area contributed by atoms with Crippen LogP contribution in [0.2, 0.25) is 0 Å². The molecule has 1 aromatic heterocycles. The van der Waals surface area contributed by atoms with E-state index in [1.165, 1.54) is 17.1 Å². The predicted octanol–water partition coefficient (Wildman–Crippen LogP) is 2.87. The summed E-state index contributed by atoms with van der Waals surface area (Å²) in [7, 11) is 0. The van der Waals surface area contributed by atoms with Crippen LogP contribution >= 0.6 is 11.5 Å². The zero-order valence-corrected chi connectivity index (χ0v) is 8.40. The van der Waals surface area contributed by atoms with Crippen LogP contribution in [0.15, 0.2) is 5.38 Å². The summed E-state index contributed by atoms with van der Waals surface area (Å²) in [5, 5.41) is 2.00. The Morgan fingerprint density at radius 1 is 1.45 bits per heavy atom. The van der Waals surface area contributed by atoms with Crippen molar-refractivity contribution in [3.63, 3.8) is 0 Å². The lowest BCUT2D eigenvalue weighted by atomic mass is 10.1. The van der Waals surface area contributed by atoms with Gasteiger partial charge in [0.05, 0.1) is 0 Å². The van der Waals surface area contributed by atoms with Crippen molar-refractivity contribution in [2.75, 3.05) is 5.73 Å². The molecule has 0 radical (unpaired) electrons. The smallest absolute Gasteiger partial charge is 0.140 e. The lowest BCUT2D eigenvalue weighted by Gasteiger charge is -1.99. The van der Waals surface area contributed by atoms with Gasteiger partial charge in [-0.15, -0.1) is 0 Å². The molecule has 0 amide bonds. The Kier molecular flexibility index (Phi) is 4.86. The van der Waals surface area contributed by atoms with Gasteiger partial charge in [0.2, 0.25) is 0 Å². The molecule has 0 bridgehead atoms. The predicted molar refractivity (Wildman–Crippen MR) is 52.0 cm³/mol. The van der Waals surface area contributed by atoms with Gasteiger partial charge in [-0.1, -0.05) is 27.7 Å². The molecule has 2 N–H and O–H groups in total. The van der Waals surface area contributed by atoms with Gasteiger partial charge in [-0.2, -0.15) is 4.37 Å². The van der Waals surface area contributed by atoms with Gasteiger partial charge < -0.3 is 5.73 Å². The minimum absolute atomic E-state index is 0.503. The van der Waals surface area contributed by atoms with E-state index in [0.717, 1.165) is 0 Å². The molecule has 1 aromatic rings. The average molecular weight is 172 g/mol. The number of anilines is 1. The maximum Gasteiger partial charge on any atom is 0.140 e. The number of aromatic nitrogens is 1. The molecule has 0 aromatic carbocycles. The van der Waals surface area contributed by atoms with Crippen LogP contribution in [-0.4, -0.2) is 4.37 Å². The second-order valence-electron chi connectivity index (χ2n) is 2.31. The van der Waals surface area contributed by atoms with Crippen molar-refractivity contribution in [3.8, 4) is 0 Å². The first-order valence-electron chi connectivity index (χ1n) is 3.91. The van der Waals surface area contributed by atoms with E-state index in [2.05, 4.69) is 18.2 Å². The van der Waals surface area contributed by atoms with Crippen molar-refractivity contribution in [2.45, 2.75) is 33.6 Å². The minimum atomic E-state index is 0.503. The van der Waals surface area contributed by atoms with E-state index in [1.807, 2.05) is 19.2 Å². The van der Waals surface area contributed by atoms with Gasteiger partial charge in [0.25, 0.3) is 0 Å². The Morgan fingerprint density at radius 3 is 2.18 bits per heavy atom. The third-order valence-electron chi connectivity index (χ3n) is 1.25. The minimum Gasteiger partial charge on any atom is -0.383 e. The first kappa shape index (κ1) is 10.4. The summed E-state index contributed by atoms with van der Waals surface area (Å²) < 4.78 is 3.96. The molecule has 3 heteroatoms. The monoisotopic (exact) mass is 172 g/mol. The molecule has 0 atom stereocenters. The molecular weight excluding hydrogens is 156 g/mol. The van der Waals surface area contributed by atoms with Crippen LogP contribution in [0.1, 0.15) is 39.2 Å². The molecule has 0 unspecified atom stereocenters.